The molecule has 1 N–H and O–H groups in total. The SMILES string of the molecule is C=CC(=O)Nc1cnc(CC)c(/C=C/C2CCC(F)(F)CC2)c1.CC. The summed E-state index contributed by atoms with van der Waals surface area (Å²) in [6, 6.07) is 1.85. The van der Waals surface area contributed by atoms with Crippen molar-refractivity contribution in [3.8, 4) is 0 Å². The first-order chi connectivity index (χ1) is 11.9. The van der Waals surface area contributed by atoms with Crippen molar-refractivity contribution in [2.75, 3.05) is 5.32 Å². The van der Waals surface area contributed by atoms with Crippen LogP contribution in [-0.4, -0.2) is 16.8 Å². The van der Waals surface area contributed by atoms with Crippen LogP contribution in [0.1, 0.15) is 57.7 Å². The maximum Gasteiger partial charge on any atom is 0.248 e. The molecule has 1 fully saturated rings. The van der Waals surface area contributed by atoms with Crippen molar-refractivity contribution in [2.24, 2.45) is 5.92 Å². The Morgan fingerprint density at radius 3 is 2.60 bits per heavy atom. The van der Waals surface area contributed by atoms with Crippen molar-refractivity contribution in [1.29, 1.82) is 0 Å². The van der Waals surface area contributed by atoms with Gasteiger partial charge in [-0.1, -0.05) is 39.5 Å². The van der Waals surface area contributed by atoms with Gasteiger partial charge in [-0.2, -0.15) is 0 Å². The Bertz CT molecular complexity index is 602. The zero-order valence-corrected chi connectivity index (χ0v) is 15.3. The van der Waals surface area contributed by atoms with E-state index in [0.29, 0.717) is 18.5 Å². The van der Waals surface area contributed by atoms with Gasteiger partial charge in [-0.05, 0) is 42.9 Å². The number of aryl methyl sites for hydroxylation is 1. The summed E-state index contributed by atoms with van der Waals surface area (Å²) in [6.45, 7) is 9.42. The standard InChI is InChI=1S/C18H22F2N2O.C2H6/c1-3-16-14(11-15(12-21-16)22-17(23)4-2)6-5-13-7-9-18(19,20)10-8-13;1-2/h4-6,11-13H,2-3,7-10H2,1H3,(H,22,23);1-2H3/b6-5+;. The molecule has 0 aliphatic heterocycles. The van der Waals surface area contributed by atoms with E-state index in [0.717, 1.165) is 17.7 Å². The van der Waals surface area contributed by atoms with E-state index in [-0.39, 0.29) is 24.7 Å². The number of pyridine rings is 1. The number of halogens is 2. The second-order valence-electron chi connectivity index (χ2n) is 5.86. The Morgan fingerprint density at radius 2 is 2.04 bits per heavy atom. The molecule has 0 radical (unpaired) electrons. The molecular formula is C20H28F2N2O. The van der Waals surface area contributed by atoms with E-state index in [1.54, 1.807) is 6.20 Å². The first-order valence-corrected chi connectivity index (χ1v) is 8.92. The van der Waals surface area contributed by atoms with Gasteiger partial charge in [-0.15, -0.1) is 0 Å². The van der Waals surface area contributed by atoms with Crippen LogP contribution in [0.15, 0.2) is 31.0 Å². The normalized spacial score (nSPS) is 16.8. The summed E-state index contributed by atoms with van der Waals surface area (Å²) >= 11 is 0. The van der Waals surface area contributed by atoms with E-state index >= 15 is 0 Å². The smallest absolute Gasteiger partial charge is 0.248 e. The number of hydrogen-bond donors (Lipinski definition) is 1. The molecule has 3 nitrogen and oxygen atoms in total. The average molecular weight is 350 g/mol. The number of aromatic nitrogens is 1. The van der Waals surface area contributed by atoms with Crippen LogP contribution >= 0.6 is 0 Å². The van der Waals surface area contributed by atoms with E-state index < -0.39 is 5.92 Å². The van der Waals surface area contributed by atoms with E-state index in [1.807, 2.05) is 39.0 Å². The number of nitrogens with zero attached hydrogens (tertiary/aromatic N) is 1. The number of anilines is 1. The van der Waals surface area contributed by atoms with E-state index in [9.17, 15) is 13.6 Å². The van der Waals surface area contributed by atoms with E-state index in [4.69, 9.17) is 0 Å². The lowest BCUT2D eigenvalue weighted by Crippen LogP contribution is -2.23. The van der Waals surface area contributed by atoms with Gasteiger partial charge in [0.25, 0.3) is 0 Å². The summed E-state index contributed by atoms with van der Waals surface area (Å²) in [4.78, 5) is 15.7. The van der Waals surface area contributed by atoms with Crippen molar-refractivity contribution < 1.29 is 13.6 Å². The third kappa shape index (κ3) is 6.77. The van der Waals surface area contributed by atoms with Crippen LogP contribution in [0, 0.1) is 5.92 Å². The van der Waals surface area contributed by atoms with Crippen LogP contribution in [0.5, 0.6) is 0 Å². The largest absolute Gasteiger partial charge is 0.321 e. The molecular weight excluding hydrogens is 322 g/mol. The maximum absolute atomic E-state index is 13.2. The first kappa shape index (κ1) is 21.0. The molecule has 0 atom stereocenters. The average Bonchev–Trinajstić information content (AvgIpc) is 2.62. The van der Waals surface area contributed by atoms with E-state index in [2.05, 4.69) is 16.9 Å². The minimum atomic E-state index is -2.50. The number of nitrogens with one attached hydrogen (secondary N) is 1. The Balaban J connectivity index is 0.00000151. The molecule has 1 aromatic rings. The van der Waals surface area contributed by atoms with Crippen molar-refractivity contribution >= 4 is 17.7 Å². The summed E-state index contributed by atoms with van der Waals surface area (Å²) < 4.78 is 26.4. The number of carbonyl (C=O) groups is 1. The third-order valence-corrected chi connectivity index (χ3v) is 4.10. The van der Waals surface area contributed by atoms with Crippen molar-refractivity contribution in [3.63, 3.8) is 0 Å². The number of carbonyl (C=O) groups excluding carboxylic acids is 1. The van der Waals surface area contributed by atoms with Gasteiger partial charge in [0.1, 0.15) is 0 Å². The van der Waals surface area contributed by atoms with Crippen LogP contribution in [0.4, 0.5) is 14.5 Å². The molecule has 0 saturated heterocycles. The summed E-state index contributed by atoms with van der Waals surface area (Å²) in [7, 11) is 0. The van der Waals surface area contributed by atoms with Crippen molar-refractivity contribution in [2.45, 2.75) is 58.8 Å². The predicted octanol–water partition coefficient (Wildman–Crippen LogP) is 5.63. The lowest BCUT2D eigenvalue weighted by atomic mass is 9.86. The highest BCUT2D eigenvalue weighted by atomic mass is 19.3. The topological polar surface area (TPSA) is 42.0 Å². The van der Waals surface area contributed by atoms with Gasteiger partial charge in [0.05, 0.1) is 11.9 Å². The zero-order chi connectivity index (χ0) is 18.9. The van der Waals surface area contributed by atoms with Gasteiger partial charge >= 0.3 is 0 Å². The summed E-state index contributed by atoms with van der Waals surface area (Å²) in [6.07, 6.45) is 8.42. The first-order valence-electron chi connectivity index (χ1n) is 8.92. The highest BCUT2D eigenvalue weighted by molar-refractivity contribution is 5.98. The molecule has 138 valence electrons. The van der Waals surface area contributed by atoms with E-state index in [1.165, 1.54) is 6.08 Å². The van der Waals surface area contributed by atoms with Gasteiger partial charge in [0, 0.05) is 18.5 Å². The van der Waals surface area contributed by atoms with Gasteiger partial charge in [0.2, 0.25) is 11.8 Å². The second kappa shape index (κ2) is 10.1. The van der Waals surface area contributed by atoms with Crippen LogP contribution in [0.25, 0.3) is 6.08 Å². The Labute approximate surface area is 149 Å². The predicted molar refractivity (Wildman–Crippen MR) is 99.7 cm³/mol. The lowest BCUT2D eigenvalue weighted by Gasteiger charge is -2.26. The molecule has 0 spiro atoms. The quantitative estimate of drug-likeness (QED) is 0.699. The zero-order valence-electron chi connectivity index (χ0n) is 15.3. The fourth-order valence-electron chi connectivity index (χ4n) is 2.71. The number of rotatable bonds is 5. The summed E-state index contributed by atoms with van der Waals surface area (Å²) in [5.41, 5.74) is 2.42. The van der Waals surface area contributed by atoms with Gasteiger partial charge < -0.3 is 5.32 Å². The van der Waals surface area contributed by atoms with Crippen LogP contribution in [0.2, 0.25) is 0 Å². The molecule has 25 heavy (non-hydrogen) atoms. The highest BCUT2D eigenvalue weighted by Gasteiger charge is 2.33. The van der Waals surface area contributed by atoms with Gasteiger partial charge in [0.15, 0.2) is 0 Å². The highest BCUT2D eigenvalue weighted by Crippen LogP contribution is 2.36. The monoisotopic (exact) mass is 350 g/mol. The lowest BCUT2D eigenvalue weighted by molar-refractivity contribution is -0.111. The number of alkyl halides is 2. The van der Waals surface area contributed by atoms with Crippen LogP contribution < -0.4 is 5.32 Å². The fraction of sp³-hybridized carbons (Fsp3) is 0.500. The molecule has 0 aromatic carbocycles. The van der Waals surface area contributed by atoms with Gasteiger partial charge in [-0.25, -0.2) is 8.78 Å². The molecule has 5 heteroatoms. The van der Waals surface area contributed by atoms with Crippen molar-refractivity contribution in [1.82, 2.24) is 4.98 Å². The Kier molecular flexibility index (Phi) is 8.46. The Hall–Kier alpha value is -2.04. The molecule has 1 amide bonds. The number of hydrogen-bond acceptors (Lipinski definition) is 2. The molecule has 1 aliphatic carbocycles. The summed E-state index contributed by atoms with van der Waals surface area (Å²) in [5, 5.41) is 2.68. The fourth-order valence-corrected chi connectivity index (χ4v) is 2.71. The third-order valence-electron chi connectivity index (χ3n) is 4.10. The maximum atomic E-state index is 13.2. The molecule has 0 bridgehead atoms. The minimum Gasteiger partial charge on any atom is -0.321 e. The van der Waals surface area contributed by atoms with Crippen LogP contribution in [-0.2, 0) is 11.2 Å². The molecule has 2 rings (SSSR count). The minimum absolute atomic E-state index is 0.0453. The molecule has 1 aliphatic rings. The second-order valence-corrected chi connectivity index (χ2v) is 5.86. The molecule has 1 heterocycles. The molecule has 1 aromatic heterocycles. The van der Waals surface area contributed by atoms with Crippen LogP contribution in [0.3, 0.4) is 0 Å². The van der Waals surface area contributed by atoms with Crippen molar-refractivity contribution in [3.05, 3.63) is 42.3 Å². The molecule has 1 saturated carbocycles. The number of amides is 1. The molecule has 0 unspecified atom stereocenters. The summed E-state index contributed by atoms with van der Waals surface area (Å²) in [5.74, 6) is -2.62. The number of allylic oxidation sites excluding steroid dienone is 1. The van der Waals surface area contributed by atoms with Gasteiger partial charge in [-0.3, -0.25) is 9.78 Å². The Morgan fingerprint density at radius 1 is 1.40 bits per heavy atom.